The number of rotatable bonds is 49. The molecule has 89 heavy (non-hydrogen) atoms. The Morgan fingerprint density at radius 3 is 0.933 bits per heavy atom. The number of nitrogens with zero attached hydrogens (tertiary/aromatic N) is 2. The second-order valence-electron chi connectivity index (χ2n) is 25.5. The van der Waals surface area contributed by atoms with E-state index in [0.717, 1.165) is 91.2 Å². The summed E-state index contributed by atoms with van der Waals surface area (Å²) in [6.07, 6.45) is 48.3. The highest BCUT2D eigenvalue weighted by atomic mass is 32.2. The molecule has 12 nitrogen and oxygen atoms in total. The zero-order valence-corrected chi connectivity index (χ0v) is 56.8. The van der Waals surface area contributed by atoms with E-state index in [4.69, 9.17) is 0 Å². The van der Waals surface area contributed by atoms with Gasteiger partial charge < -0.3 is 25.4 Å². The Labute approximate surface area is 540 Å². The number of likely N-dealkylation sites (tertiary alicyclic amines) is 1. The predicted octanol–water partition coefficient (Wildman–Crippen LogP) is 21.3. The second kappa shape index (κ2) is 46.7. The Balaban J connectivity index is 0.00000138. The first-order valence-corrected chi connectivity index (χ1v) is 37.1. The van der Waals surface area contributed by atoms with Crippen molar-refractivity contribution in [2.75, 3.05) is 35.6 Å². The molecule has 1 aliphatic rings. The lowest BCUT2D eigenvalue weighted by Crippen LogP contribution is -2.45. The van der Waals surface area contributed by atoms with Gasteiger partial charge in [0.1, 0.15) is 33.7 Å². The first kappa shape index (κ1) is 76.1. The smallest absolute Gasteiger partial charge is 0.224 e. The van der Waals surface area contributed by atoms with Crippen molar-refractivity contribution in [3.63, 3.8) is 0 Å². The molecule has 4 aromatic carbocycles. The molecule has 496 valence electrons. The van der Waals surface area contributed by atoms with E-state index < -0.39 is 10.1 Å². The van der Waals surface area contributed by atoms with Crippen molar-refractivity contribution in [2.24, 2.45) is 0 Å². The van der Waals surface area contributed by atoms with Gasteiger partial charge in [0.05, 0.1) is 11.4 Å². The number of unbranched alkanes of at least 4 members (excludes halogenated alkanes) is 33. The lowest BCUT2D eigenvalue weighted by molar-refractivity contribution is -0.127. The van der Waals surface area contributed by atoms with Crippen LogP contribution in [0.2, 0.25) is 0 Å². The van der Waals surface area contributed by atoms with E-state index >= 15 is 0 Å². The van der Waals surface area contributed by atoms with Gasteiger partial charge in [0, 0.05) is 85.7 Å². The van der Waals surface area contributed by atoms with Crippen LogP contribution in [0.1, 0.15) is 290 Å². The minimum absolute atomic E-state index is 0.0380. The Hall–Kier alpha value is -5.37. The quantitative estimate of drug-likeness (QED) is 0.0225. The van der Waals surface area contributed by atoms with Crippen molar-refractivity contribution < 1.29 is 32.1 Å². The van der Waals surface area contributed by atoms with Gasteiger partial charge in [0.15, 0.2) is 0 Å². The fraction of sp³-hybridized carbons (Fsp3) is 0.632. The first-order chi connectivity index (χ1) is 43.3. The second-order valence-corrected chi connectivity index (χ2v) is 26.9. The van der Waals surface area contributed by atoms with Crippen LogP contribution in [0.4, 0.5) is 34.1 Å². The van der Waals surface area contributed by atoms with Gasteiger partial charge in [-0.3, -0.25) is 19.2 Å². The van der Waals surface area contributed by atoms with Crippen LogP contribution in [0.3, 0.4) is 0 Å². The molecule has 0 unspecified atom stereocenters. The minimum Gasteiger partial charge on any atom is -0.744 e. The molecule has 1 aliphatic heterocycles. The topological polar surface area (TPSA) is 165 Å². The van der Waals surface area contributed by atoms with Crippen LogP contribution >= 0.6 is 0 Å². The van der Waals surface area contributed by atoms with Gasteiger partial charge in [0.2, 0.25) is 23.6 Å². The molecule has 1 saturated heterocycles. The fourth-order valence-electron chi connectivity index (χ4n) is 12.2. The standard InChI is InChI=1S/C69H111N5O4.C7H8O3S/c1-4-7-10-13-16-19-22-25-28-31-34-37-41-66(75)70-60-45-51-63(52-46-60)74(59-58-73-57-40-44-69(73)78,64-53-47-61(48-54-64)71-67(76)42-38-35-32-29-26-23-20-17-14-11-8-5-2)65-55-49-62(50-56-65)72-68(77)43-39-36-33-30-27-24-21-18-15-12-9-6-3;1-6-2-4-7(5-3-6)11(8,9)10/h45-56H,4-44,57-59H2,1-3H3,(H2-,70,71,72,75,76,77);2-5H,1H3,(H,8,9,10). The predicted molar refractivity (Wildman–Crippen MR) is 373 cm³/mol. The van der Waals surface area contributed by atoms with Gasteiger partial charge in [0.25, 0.3) is 0 Å². The van der Waals surface area contributed by atoms with E-state index in [1.807, 2.05) is 48.2 Å². The summed E-state index contributed by atoms with van der Waals surface area (Å²) in [4.78, 5) is 54.6. The van der Waals surface area contributed by atoms with E-state index in [9.17, 15) is 32.1 Å². The van der Waals surface area contributed by atoms with E-state index in [2.05, 4.69) is 73.1 Å². The van der Waals surface area contributed by atoms with Crippen LogP contribution in [0.15, 0.2) is 102 Å². The Bertz CT molecular complexity index is 2420. The number of aryl methyl sites for hydroxylation is 1. The average molecular weight is 1250 g/mol. The molecule has 5 rings (SSSR count). The highest BCUT2D eigenvalue weighted by Crippen LogP contribution is 2.45. The van der Waals surface area contributed by atoms with Crippen LogP contribution < -0.4 is 20.4 Å². The van der Waals surface area contributed by atoms with Crippen molar-refractivity contribution in [2.45, 2.75) is 296 Å². The van der Waals surface area contributed by atoms with E-state index in [-0.39, 0.29) is 33.0 Å². The van der Waals surface area contributed by atoms with E-state index in [1.54, 1.807) is 12.1 Å². The number of hydrogen-bond acceptors (Lipinski definition) is 7. The average Bonchev–Trinajstić information content (AvgIpc) is 1.38. The van der Waals surface area contributed by atoms with Crippen molar-refractivity contribution in [3.05, 3.63) is 103 Å². The molecule has 13 heteroatoms. The number of amides is 4. The Morgan fingerprint density at radius 1 is 0.416 bits per heavy atom. The molecule has 1 heterocycles. The molecule has 1 fully saturated rings. The number of quaternary nitrogens is 1. The highest BCUT2D eigenvalue weighted by molar-refractivity contribution is 7.85. The van der Waals surface area contributed by atoms with Gasteiger partial charge in [-0.15, -0.1) is 0 Å². The van der Waals surface area contributed by atoms with Gasteiger partial charge in [-0.2, -0.15) is 0 Å². The van der Waals surface area contributed by atoms with Crippen LogP contribution in [0, 0.1) is 6.92 Å². The minimum atomic E-state index is -4.27. The van der Waals surface area contributed by atoms with Crippen LogP contribution in [-0.4, -0.2) is 61.1 Å². The third-order valence-corrected chi connectivity index (χ3v) is 18.6. The van der Waals surface area contributed by atoms with Gasteiger partial charge in [-0.25, -0.2) is 12.9 Å². The number of hydrogen-bond donors (Lipinski definition) is 3. The molecular weight excluding hydrogens is 1130 g/mol. The highest BCUT2D eigenvalue weighted by Gasteiger charge is 2.38. The third kappa shape index (κ3) is 32.5. The summed E-state index contributed by atoms with van der Waals surface area (Å²) in [5, 5.41) is 9.51. The maximum atomic E-state index is 13.2. The number of nitrogens with one attached hydrogen (secondary N) is 3. The molecule has 0 bridgehead atoms. The molecule has 0 spiro atoms. The van der Waals surface area contributed by atoms with Crippen LogP contribution in [0.25, 0.3) is 0 Å². The number of carbonyl (C=O) groups excluding carboxylic acids is 4. The summed E-state index contributed by atoms with van der Waals surface area (Å²) in [7, 11) is -4.27. The van der Waals surface area contributed by atoms with Crippen molar-refractivity contribution in [1.29, 1.82) is 0 Å². The summed E-state index contributed by atoms with van der Waals surface area (Å²) >= 11 is 0. The summed E-state index contributed by atoms with van der Waals surface area (Å²) in [6.45, 7) is 10.5. The molecule has 0 aromatic heterocycles. The summed E-state index contributed by atoms with van der Waals surface area (Å²) < 4.78 is 31.5. The summed E-state index contributed by atoms with van der Waals surface area (Å²) in [5.74, 6) is 0.291. The SMILES string of the molecule is CCCCCCCCCCCCCCC(=O)Nc1ccc([N+](CCN2CCCC2=O)(c2ccc(NC(=O)CCCCCCCCCCCCCC)cc2)c2ccc(NC(=O)CCCCCCCCCCCCCC)cc2)cc1.Cc1ccc(S(=O)(=O)[O-])cc1. The molecule has 4 aromatic rings. The largest absolute Gasteiger partial charge is 0.744 e. The van der Waals surface area contributed by atoms with Gasteiger partial charge in [-0.05, 0) is 81.1 Å². The molecule has 0 aliphatic carbocycles. The van der Waals surface area contributed by atoms with E-state index in [1.165, 1.54) is 205 Å². The van der Waals surface area contributed by atoms with Crippen molar-refractivity contribution >= 4 is 67.9 Å². The maximum Gasteiger partial charge on any atom is 0.224 e. The number of anilines is 3. The lowest BCUT2D eigenvalue weighted by atomic mass is 10.0. The molecule has 4 amide bonds. The van der Waals surface area contributed by atoms with E-state index in [0.29, 0.717) is 38.8 Å². The lowest BCUT2D eigenvalue weighted by Gasteiger charge is -2.38. The summed E-state index contributed by atoms with van der Waals surface area (Å²) in [5.41, 5.74) is 6.14. The van der Waals surface area contributed by atoms with Gasteiger partial charge in [-0.1, -0.05) is 250 Å². The molecule has 0 atom stereocenters. The van der Waals surface area contributed by atoms with Crippen LogP contribution in [0.5, 0.6) is 0 Å². The molecule has 0 saturated carbocycles. The fourth-order valence-corrected chi connectivity index (χ4v) is 12.7. The molecular formula is C76H119N5O7S. The zero-order valence-electron chi connectivity index (χ0n) is 56.0. The zero-order chi connectivity index (χ0) is 64.1. The van der Waals surface area contributed by atoms with Crippen molar-refractivity contribution in [3.8, 4) is 0 Å². The van der Waals surface area contributed by atoms with Gasteiger partial charge >= 0.3 is 0 Å². The van der Waals surface area contributed by atoms with Crippen LogP contribution in [-0.2, 0) is 29.3 Å². The third-order valence-electron chi connectivity index (χ3n) is 17.7. The first-order valence-electron chi connectivity index (χ1n) is 35.7. The normalized spacial score (nSPS) is 12.5. The Morgan fingerprint density at radius 2 is 0.685 bits per heavy atom. The van der Waals surface area contributed by atoms with Crippen molar-refractivity contribution in [1.82, 2.24) is 9.38 Å². The molecule has 0 radical (unpaired) electrons. The summed E-state index contributed by atoms with van der Waals surface area (Å²) in [6, 6.07) is 30.4. The maximum absolute atomic E-state index is 13.2. The Kier molecular flexibility index (Phi) is 39.9. The monoisotopic (exact) mass is 1250 g/mol. The number of benzene rings is 4. The molecule has 3 N–H and O–H groups in total. The number of carbonyl (C=O) groups is 4.